The molecule has 1 fully saturated rings. The third-order valence-electron chi connectivity index (χ3n) is 4.74. The predicted molar refractivity (Wildman–Crippen MR) is 93.8 cm³/mol. The van der Waals surface area contributed by atoms with Gasteiger partial charge in [-0.25, -0.2) is 0 Å². The van der Waals surface area contributed by atoms with E-state index < -0.39 is 0 Å². The summed E-state index contributed by atoms with van der Waals surface area (Å²) in [4.78, 5) is 16.8. The molecule has 2 aromatic heterocycles. The maximum absolute atomic E-state index is 12.4. The van der Waals surface area contributed by atoms with Crippen LogP contribution in [0.15, 0.2) is 53.3 Å². The molecule has 0 bridgehead atoms. The van der Waals surface area contributed by atoms with E-state index in [1.165, 1.54) is 19.3 Å². The zero-order chi connectivity index (χ0) is 16.4. The van der Waals surface area contributed by atoms with Gasteiger partial charge in [0.05, 0.1) is 12.0 Å². The van der Waals surface area contributed by atoms with Crippen molar-refractivity contribution in [2.45, 2.75) is 38.1 Å². The fourth-order valence-corrected chi connectivity index (χ4v) is 3.42. The molecule has 0 aliphatic heterocycles. The fraction of sp³-hybridized carbons (Fsp3) is 0.300. The lowest BCUT2D eigenvalue weighted by molar-refractivity contribution is 0.0927. The van der Waals surface area contributed by atoms with Crippen molar-refractivity contribution in [2.24, 2.45) is 0 Å². The molecule has 0 radical (unpaired) electrons. The summed E-state index contributed by atoms with van der Waals surface area (Å²) in [5, 5.41) is 4.13. The molecule has 0 saturated heterocycles. The van der Waals surface area contributed by atoms with Gasteiger partial charge in [-0.1, -0.05) is 31.4 Å². The number of nitrogens with zero attached hydrogens (tertiary/aromatic N) is 1. The lowest BCUT2D eigenvalue weighted by Crippen LogP contribution is -2.36. The molecule has 1 amide bonds. The monoisotopic (exact) mass is 320 g/mol. The van der Waals surface area contributed by atoms with Crippen LogP contribution in [0.5, 0.6) is 0 Å². The number of amides is 1. The summed E-state index contributed by atoms with van der Waals surface area (Å²) in [5.41, 5.74) is 3.37. The number of carbonyl (C=O) groups excluding carboxylic acids is 1. The average molecular weight is 320 g/mol. The molecule has 4 nitrogen and oxygen atoms in total. The normalized spacial score (nSPS) is 15.5. The second kappa shape index (κ2) is 6.48. The van der Waals surface area contributed by atoms with Crippen LogP contribution in [0.1, 0.15) is 42.5 Å². The minimum absolute atomic E-state index is 0.0166. The summed E-state index contributed by atoms with van der Waals surface area (Å²) < 4.78 is 5.42. The Balaban J connectivity index is 1.54. The number of furan rings is 1. The Kier molecular flexibility index (Phi) is 4.03. The van der Waals surface area contributed by atoms with E-state index >= 15 is 0 Å². The SMILES string of the molecule is O=C(NC1CCCCC1)c1ccc(-c2nccc3occc23)cc1. The predicted octanol–water partition coefficient (Wildman–Crippen LogP) is 4.56. The van der Waals surface area contributed by atoms with Crippen molar-refractivity contribution in [3.63, 3.8) is 0 Å². The molecule has 122 valence electrons. The van der Waals surface area contributed by atoms with E-state index in [9.17, 15) is 4.79 Å². The van der Waals surface area contributed by atoms with Gasteiger partial charge in [-0.3, -0.25) is 9.78 Å². The number of benzene rings is 1. The van der Waals surface area contributed by atoms with Gasteiger partial charge in [0.25, 0.3) is 5.91 Å². The van der Waals surface area contributed by atoms with E-state index in [1.54, 1.807) is 12.5 Å². The first kappa shape index (κ1) is 14.9. The second-order valence-electron chi connectivity index (χ2n) is 6.38. The first-order valence-corrected chi connectivity index (χ1v) is 8.55. The summed E-state index contributed by atoms with van der Waals surface area (Å²) in [6, 6.07) is 11.7. The maximum atomic E-state index is 12.4. The van der Waals surface area contributed by atoms with Crippen LogP contribution in [0, 0.1) is 0 Å². The molecule has 1 aliphatic rings. The molecule has 24 heavy (non-hydrogen) atoms. The Bertz CT molecular complexity index is 845. The lowest BCUT2D eigenvalue weighted by Gasteiger charge is -2.22. The average Bonchev–Trinajstić information content (AvgIpc) is 3.11. The van der Waals surface area contributed by atoms with Gasteiger partial charge < -0.3 is 9.73 Å². The van der Waals surface area contributed by atoms with Gasteiger partial charge in [-0.05, 0) is 37.1 Å². The van der Waals surface area contributed by atoms with Crippen molar-refractivity contribution in [3.8, 4) is 11.3 Å². The first-order valence-electron chi connectivity index (χ1n) is 8.55. The van der Waals surface area contributed by atoms with E-state index in [1.807, 2.05) is 36.4 Å². The van der Waals surface area contributed by atoms with Gasteiger partial charge in [0.15, 0.2) is 0 Å². The molecule has 4 rings (SSSR count). The molecule has 0 atom stereocenters. The highest BCUT2D eigenvalue weighted by Gasteiger charge is 2.16. The van der Waals surface area contributed by atoms with Crippen molar-refractivity contribution in [1.82, 2.24) is 10.3 Å². The van der Waals surface area contributed by atoms with E-state index in [4.69, 9.17) is 4.42 Å². The molecule has 0 spiro atoms. The van der Waals surface area contributed by atoms with E-state index in [0.717, 1.165) is 35.1 Å². The maximum Gasteiger partial charge on any atom is 0.251 e. The third kappa shape index (κ3) is 2.92. The van der Waals surface area contributed by atoms with Crippen LogP contribution in [0.2, 0.25) is 0 Å². The third-order valence-corrected chi connectivity index (χ3v) is 4.74. The molecule has 1 saturated carbocycles. The van der Waals surface area contributed by atoms with Gasteiger partial charge in [0.2, 0.25) is 0 Å². The number of rotatable bonds is 3. The molecule has 2 heterocycles. The van der Waals surface area contributed by atoms with Crippen LogP contribution in [0.3, 0.4) is 0 Å². The Morgan fingerprint density at radius 3 is 2.62 bits per heavy atom. The Labute approximate surface area is 140 Å². The summed E-state index contributed by atoms with van der Waals surface area (Å²) in [6.45, 7) is 0. The smallest absolute Gasteiger partial charge is 0.251 e. The topological polar surface area (TPSA) is 55.1 Å². The number of hydrogen-bond acceptors (Lipinski definition) is 3. The van der Waals surface area contributed by atoms with E-state index in [-0.39, 0.29) is 5.91 Å². The summed E-state index contributed by atoms with van der Waals surface area (Å²) in [6.07, 6.45) is 9.31. The van der Waals surface area contributed by atoms with Crippen LogP contribution >= 0.6 is 0 Å². The zero-order valence-corrected chi connectivity index (χ0v) is 13.5. The number of pyridine rings is 1. The van der Waals surface area contributed by atoms with E-state index in [0.29, 0.717) is 11.6 Å². The van der Waals surface area contributed by atoms with Crippen LogP contribution in [-0.4, -0.2) is 16.9 Å². The molecule has 4 heteroatoms. The molecule has 1 aliphatic carbocycles. The molecule has 3 aromatic rings. The Hall–Kier alpha value is -2.62. The fourth-order valence-electron chi connectivity index (χ4n) is 3.42. The largest absolute Gasteiger partial charge is 0.464 e. The first-order chi connectivity index (χ1) is 11.8. The highest BCUT2D eigenvalue weighted by Crippen LogP contribution is 2.27. The molecule has 0 unspecified atom stereocenters. The van der Waals surface area contributed by atoms with E-state index in [2.05, 4.69) is 10.3 Å². The van der Waals surface area contributed by atoms with Crippen LogP contribution in [0.4, 0.5) is 0 Å². The molecule has 1 N–H and O–H groups in total. The van der Waals surface area contributed by atoms with Crippen molar-refractivity contribution < 1.29 is 9.21 Å². The Morgan fingerprint density at radius 2 is 1.83 bits per heavy atom. The van der Waals surface area contributed by atoms with Gasteiger partial charge in [-0.2, -0.15) is 0 Å². The quantitative estimate of drug-likeness (QED) is 0.770. The Morgan fingerprint density at radius 1 is 1.04 bits per heavy atom. The summed E-state index contributed by atoms with van der Waals surface area (Å²) in [5.74, 6) is 0.0166. The van der Waals surface area contributed by atoms with Gasteiger partial charge in [0.1, 0.15) is 5.58 Å². The van der Waals surface area contributed by atoms with Crippen LogP contribution in [0.25, 0.3) is 22.2 Å². The summed E-state index contributed by atoms with van der Waals surface area (Å²) in [7, 11) is 0. The number of carbonyl (C=O) groups is 1. The molecule has 1 aromatic carbocycles. The minimum atomic E-state index is 0.0166. The minimum Gasteiger partial charge on any atom is -0.464 e. The highest BCUT2D eigenvalue weighted by molar-refractivity contribution is 5.96. The second-order valence-corrected chi connectivity index (χ2v) is 6.38. The standard InChI is InChI=1S/C20H20N2O2/c23-20(22-16-4-2-1-3-5-16)15-8-6-14(7-9-15)19-17-11-13-24-18(17)10-12-21-19/h6-13,16H,1-5H2,(H,22,23). The van der Waals surface area contributed by atoms with Crippen LogP contribution in [-0.2, 0) is 0 Å². The highest BCUT2D eigenvalue weighted by atomic mass is 16.3. The lowest BCUT2D eigenvalue weighted by atomic mass is 9.95. The van der Waals surface area contributed by atoms with Gasteiger partial charge >= 0.3 is 0 Å². The van der Waals surface area contributed by atoms with Crippen molar-refractivity contribution in [1.29, 1.82) is 0 Å². The number of fused-ring (bicyclic) bond motifs is 1. The van der Waals surface area contributed by atoms with Crippen molar-refractivity contribution in [3.05, 3.63) is 54.4 Å². The number of aromatic nitrogens is 1. The number of hydrogen-bond donors (Lipinski definition) is 1. The molecular formula is C20H20N2O2. The van der Waals surface area contributed by atoms with Gasteiger partial charge in [0, 0.05) is 28.8 Å². The number of nitrogens with one attached hydrogen (secondary N) is 1. The van der Waals surface area contributed by atoms with Crippen molar-refractivity contribution >= 4 is 16.9 Å². The van der Waals surface area contributed by atoms with Crippen molar-refractivity contribution in [2.75, 3.05) is 0 Å². The van der Waals surface area contributed by atoms with Gasteiger partial charge in [-0.15, -0.1) is 0 Å². The zero-order valence-electron chi connectivity index (χ0n) is 13.5. The molecular weight excluding hydrogens is 300 g/mol. The summed E-state index contributed by atoms with van der Waals surface area (Å²) >= 11 is 0. The van der Waals surface area contributed by atoms with Crippen LogP contribution < -0.4 is 5.32 Å².